The Balaban J connectivity index is 1.67. The van der Waals surface area contributed by atoms with Crippen LogP contribution in [0.5, 0.6) is 5.75 Å². The second kappa shape index (κ2) is 8.12. The first-order valence-corrected chi connectivity index (χ1v) is 9.23. The van der Waals surface area contributed by atoms with Gasteiger partial charge in [-0.1, -0.05) is 56.3 Å². The van der Waals surface area contributed by atoms with Crippen molar-refractivity contribution in [3.8, 4) is 5.75 Å². The van der Waals surface area contributed by atoms with E-state index in [0.717, 1.165) is 17.0 Å². The lowest BCUT2D eigenvalue weighted by molar-refractivity contribution is -0.140. The van der Waals surface area contributed by atoms with Crippen LogP contribution in [0.4, 0.5) is 4.79 Å². The fourth-order valence-electron chi connectivity index (χ4n) is 3.20. The number of rotatable bonds is 7. The molecule has 0 spiro atoms. The molecule has 1 heterocycles. The lowest BCUT2D eigenvalue weighted by Crippen LogP contribution is -2.49. The van der Waals surface area contributed by atoms with E-state index in [4.69, 9.17) is 4.74 Å². The summed E-state index contributed by atoms with van der Waals surface area (Å²) in [5.74, 6) is -0.559. The number of aryl methyl sites for hydroxylation is 1. The van der Waals surface area contributed by atoms with Crippen molar-refractivity contribution in [1.82, 2.24) is 15.8 Å². The van der Waals surface area contributed by atoms with Gasteiger partial charge < -0.3 is 10.1 Å². The van der Waals surface area contributed by atoms with Crippen molar-refractivity contribution in [3.63, 3.8) is 0 Å². The van der Waals surface area contributed by atoms with Gasteiger partial charge in [-0.2, -0.15) is 5.01 Å². The topological polar surface area (TPSA) is 87.7 Å². The van der Waals surface area contributed by atoms with Crippen LogP contribution in [0.2, 0.25) is 0 Å². The van der Waals surface area contributed by atoms with E-state index < -0.39 is 23.4 Å². The number of amides is 4. The maximum absolute atomic E-state index is 12.9. The third-order valence-electron chi connectivity index (χ3n) is 4.80. The van der Waals surface area contributed by atoms with Crippen LogP contribution in [-0.2, 0) is 21.5 Å². The molecule has 7 nitrogen and oxygen atoms in total. The molecule has 0 saturated carbocycles. The van der Waals surface area contributed by atoms with Crippen molar-refractivity contribution >= 4 is 17.8 Å². The van der Waals surface area contributed by atoms with Crippen LogP contribution in [0, 0.1) is 0 Å². The SMILES string of the molecule is CCc1cccc(OCC(=O)NN2C(=O)N[C@](CC)(c3ccccc3)C2=O)c1. The second-order valence-corrected chi connectivity index (χ2v) is 6.52. The molecule has 4 amide bonds. The summed E-state index contributed by atoms with van der Waals surface area (Å²) < 4.78 is 5.47. The van der Waals surface area contributed by atoms with Crippen LogP contribution in [0.15, 0.2) is 54.6 Å². The van der Waals surface area contributed by atoms with E-state index in [-0.39, 0.29) is 6.61 Å². The predicted molar refractivity (Wildman–Crippen MR) is 103 cm³/mol. The Morgan fingerprint density at radius 3 is 2.54 bits per heavy atom. The van der Waals surface area contributed by atoms with E-state index in [1.165, 1.54) is 0 Å². The van der Waals surface area contributed by atoms with Gasteiger partial charge >= 0.3 is 6.03 Å². The Hall–Kier alpha value is -3.35. The van der Waals surface area contributed by atoms with E-state index in [0.29, 0.717) is 17.7 Å². The molecule has 0 aliphatic carbocycles. The van der Waals surface area contributed by atoms with Crippen molar-refractivity contribution in [2.45, 2.75) is 32.2 Å². The molecule has 2 N–H and O–H groups in total. The molecule has 1 fully saturated rings. The van der Waals surface area contributed by atoms with Crippen molar-refractivity contribution in [2.75, 3.05) is 6.61 Å². The summed E-state index contributed by atoms with van der Waals surface area (Å²) in [6, 6.07) is 15.7. The fourth-order valence-corrected chi connectivity index (χ4v) is 3.20. The lowest BCUT2D eigenvalue weighted by Gasteiger charge is -2.25. The third kappa shape index (κ3) is 3.69. The minimum atomic E-state index is -1.19. The highest BCUT2D eigenvalue weighted by Gasteiger charge is 2.52. The van der Waals surface area contributed by atoms with Crippen molar-refractivity contribution < 1.29 is 19.1 Å². The summed E-state index contributed by atoms with van der Waals surface area (Å²) in [4.78, 5) is 37.6. The number of carbonyl (C=O) groups is 3. The molecule has 0 radical (unpaired) electrons. The summed E-state index contributed by atoms with van der Waals surface area (Å²) in [6.07, 6.45) is 1.21. The molecule has 3 rings (SSSR count). The molecule has 28 heavy (non-hydrogen) atoms. The number of carbonyl (C=O) groups excluding carboxylic acids is 3. The molecule has 7 heteroatoms. The van der Waals surface area contributed by atoms with E-state index in [9.17, 15) is 14.4 Å². The van der Waals surface area contributed by atoms with E-state index in [1.54, 1.807) is 37.3 Å². The molecule has 146 valence electrons. The van der Waals surface area contributed by atoms with Crippen molar-refractivity contribution in [1.29, 1.82) is 0 Å². The summed E-state index contributed by atoms with van der Waals surface area (Å²) in [5.41, 5.74) is 2.90. The standard InChI is InChI=1S/C21H23N3O4/c1-3-15-9-8-12-17(13-15)28-14-18(25)23-24-19(26)21(4-2,22-20(24)27)16-10-6-5-7-11-16/h5-13H,3-4,14H2,1-2H3,(H,22,27)(H,23,25)/t21-/m1/s1. The highest BCUT2D eigenvalue weighted by molar-refractivity contribution is 6.08. The number of urea groups is 1. The van der Waals surface area contributed by atoms with E-state index in [1.807, 2.05) is 31.2 Å². The molecule has 1 saturated heterocycles. The highest BCUT2D eigenvalue weighted by Crippen LogP contribution is 2.31. The van der Waals surface area contributed by atoms with Crippen LogP contribution >= 0.6 is 0 Å². The van der Waals surface area contributed by atoms with Gasteiger partial charge in [-0.05, 0) is 36.1 Å². The van der Waals surface area contributed by atoms with Gasteiger partial charge in [0.05, 0.1) is 0 Å². The highest BCUT2D eigenvalue weighted by atomic mass is 16.5. The van der Waals surface area contributed by atoms with Crippen molar-refractivity contribution in [2.24, 2.45) is 0 Å². The van der Waals surface area contributed by atoms with Gasteiger partial charge in [0.1, 0.15) is 11.3 Å². The average Bonchev–Trinajstić information content (AvgIpc) is 2.98. The molecule has 0 aromatic heterocycles. The zero-order valence-corrected chi connectivity index (χ0v) is 15.9. The summed E-state index contributed by atoms with van der Waals surface area (Å²) in [7, 11) is 0. The van der Waals surface area contributed by atoms with E-state index in [2.05, 4.69) is 10.7 Å². The zero-order valence-electron chi connectivity index (χ0n) is 15.9. The Kier molecular flexibility index (Phi) is 5.63. The number of nitrogens with one attached hydrogen (secondary N) is 2. The Morgan fingerprint density at radius 2 is 1.86 bits per heavy atom. The van der Waals surface area contributed by atoms with Crippen LogP contribution in [0.1, 0.15) is 31.4 Å². The second-order valence-electron chi connectivity index (χ2n) is 6.52. The molecule has 0 bridgehead atoms. The number of hydrogen-bond acceptors (Lipinski definition) is 4. The Morgan fingerprint density at radius 1 is 1.11 bits per heavy atom. The number of benzene rings is 2. The molecule has 2 aromatic carbocycles. The van der Waals surface area contributed by atoms with Gasteiger partial charge in [-0.3, -0.25) is 15.0 Å². The summed E-state index contributed by atoms with van der Waals surface area (Å²) >= 11 is 0. The summed E-state index contributed by atoms with van der Waals surface area (Å²) in [5, 5.41) is 3.44. The lowest BCUT2D eigenvalue weighted by atomic mass is 9.87. The molecule has 1 atom stereocenters. The van der Waals surface area contributed by atoms with Crippen molar-refractivity contribution in [3.05, 3.63) is 65.7 Å². The van der Waals surface area contributed by atoms with Gasteiger partial charge in [-0.15, -0.1) is 0 Å². The van der Waals surface area contributed by atoms with Crippen LogP contribution in [-0.4, -0.2) is 29.5 Å². The van der Waals surface area contributed by atoms with Crippen LogP contribution < -0.4 is 15.5 Å². The van der Waals surface area contributed by atoms with Crippen LogP contribution in [0.25, 0.3) is 0 Å². The zero-order chi connectivity index (χ0) is 20.1. The Bertz CT molecular complexity index is 884. The normalized spacial score (nSPS) is 18.7. The predicted octanol–water partition coefficient (Wildman–Crippen LogP) is 2.52. The van der Waals surface area contributed by atoms with E-state index >= 15 is 0 Å². The average molecular weight is 381 g/mol. The molecular weight excluding hydrogens is 358 g/mol. The first-order valence-electron chi connectivity index (χ1n) is 9.23. The number of hydrazine groups is 1. The molecule has 1 aliphatic rings. The van der Waals surface area contributed by atoms with Gasteiger partial charge in [-0.25, -0.2) is 4.79 Å². The third-order valence-corrected chi connectivity index (χ3v) is 4.80. The fraction of sp³-hybridized carbons (Fsp3) is 0.286. The molecule has 1 aliphatic heterocycles. The minimum Gasteiger partial charge on any atom is -0.484 e. The largest absolute Gasteiger partial charge is 0.484 e. The monoisotopic (exact) mass is 381 g/mol. The van der Waals surface area contributed by atoms with Gasteiger partial charge in [0, 0.05) is 0 Å². The first-order chi connectivity index (χ1) is 13.5. The maximum atomic E-state index is 12.9. The van der Waals surface area contributed by atoms with Gasteiger partial charge in [0.2, 0.25) is 0 Å². The smallest absolute Gasteiger partial charge is 0.344 e. The van der Waals surface area contributed by atoms with Gasteiger partial charge in [0.15, 0.2) is 6.61 Å². The number of imide groups is 1. The van der Waals surface area contributed by atoms with Gasteiger partial charge in [0.25, 0.3) is 11.8 Å². The first kappa shape index (κ1) is 19.4. The summed E-state index contributed by atoms with van der Waals surface area (Å²) in [6.45, 7) is 3.52. The van der Waals surface area contributed by atoms with Crippen LogP contribution in [0.3, 0.4) is 0 Å². The number of hydrogen-bond donors (Lipinski definition) is 2. The Labute approximate surface area is 163 Å². The maximum Gasteiger partial charge on any atom is 0.344 e. The molecule has 0 unspecified atom stereocenters. The minimum absolute atomic E-state index is 0.311. The molecular formula is C21H23N3O4. The number of ether oxygens (including phenoxy) is 1. The number of nitrogens with zero attached hydrogens (tertiary/aromatic N) is 1. The molecule has 2 aromatic rings. The quantitative estimate of drug-likeness (QED) is 0.722.